The summed E-state index contributed by atoms with van der Waals surface area (Å²) in [5, 5.41) is 18.5. The van der Waals surface area contributed by atoms with Gasteiger partial charge in [0.2, 0.25) is 0 Å². The molecule has 5 heteroatoms. The van der Waals surface area contributed by atoms with E-state index in [1.165, 1.54) is 0 Å². The third kappa shape index (κ3) is 3.08. The fourth-order valence-corrected chi connectivity index (χ4v) is 1.79. The molecule has 1 aromatic heterocycles. The molecule has 0 spiro atoms. The predicted molar refractivity (Wildman–Crippen MR) is 51.8 cm³/mol. The van der Waals surface area contributed by atoms with Gasteiger partial charge in [-0.15, -0.1) is 12.5 Å². The van der Waals surface area contributed by atoms with Crippen molar-refractivity contribution in [2.75, 3.05) is 6.61 Å². The Morgan fingerprint density at radius 2 is 2.38 bits per heavy atom. The SMILES string of the molecule is Cc1c[c-]c[n+](C2CC(O)C(CO)O2)c1.[Y]. The molecule has 16 heavy (non-hydrogen) atoms. The molecular weight excluding hydrogens is 283 g/mol. The van der Waals surface area contributed by atoms with E-state index in [1.54, 1.807) is 6.20 Å². The summed E-state index contributed by atoms with van der Waals surface area (Å²) in [7, 11) is 0. The van der Waals surface area contributed by atoms with Crippen LogP contribution in [0.25, 0.3) is 0 Å². The molecule has 1 fully saturated rings. The number of nitrogens with zero attached hydrogens (tertiary/aromatic N) is 1. The van der Waals surface area contributed by atoms with Crippen LogP contribution in [0.4, 0.5) is 0 Å². The van der Waals surface area contributed by atoms with E-state index in [4.69, 9.17) is 9.84 Å². The van der Waals surface area contributed by atoms with Gasteiger partial charge in [0.25, 0.3) is 6.23 Å². The van der Waals surface area contributed by atoms with Gasteiger partial charge in [-0.25, -0.2) is 10.6 Å². The maximum Gasteiger partial charge on any atom is 0.262 e. The second-order valence-corrected chi connectivity index (χ2v) is 3.88. The van der Waals surface area contributed by atoms with Gasteiger partial charge in [-0.05, 0) is 0 Å². The second kappa shape index (κ2) is 6.17. The van der Waals surface area contributed by atoms with Gasteiger partial charge >= 0.3 is 0 Å². The van der Waals surface area contributed by atoms with Crippen molar-refractivity contribution in [3.05, 3.63) is 30.1 Å². The van der Waals surface area contributed by atoms with Crippen molar-refractivity contribution < 1.29 is 52.2 Å². The van der Waals surface area contributed by atoms with Crippen LogP contribution in [0.3, 0.4) is 0 Å². The topological polar surface area (TPSA) is 53.6 Å². The van der Waals surface area contributed by atoms with Crippen LogP contribution in [0.1, 0.15) is 18.2 Å². The van der Waals surface area contributed by atoms with Gasteiger partial charge in [0.1, 0.15) is 6.10 Å². The molecule has 1 aliphatic heterocycles. The first-order valence-corrected chi connectivity index (χ1v) is 5.03. The Bertz CT molecular complexity index is 348. The van der Waals surface area contributed by atoms with Crippen molar-refractivity contribution in [1.82, 2.24) is 0 Å². The fourth-order valence-electron chi connectivity index (χ4n) is 1.79. The normalized spacial score (nSPS) is 28.8. The van der Waals surface area contributed by atoms with Gasteiger partial charge in [0, 0.05) is 32.7 Å². The Morgan fingerprint density at radius 3 is 2.94 bits per heavy atom. The van der Waals surface area contributed by atoms with Gasteiger partial charge in [0.15, 0.2) is 0 Å². The minimum Gasteiger partial charge on any atom is -0.394 e. The van der Waals surface area contributed by atoms with Gasteiger partial charge in [0.05, 0.1) is 31.5 Å². The van der Waals surface area contributed by atoms with Crippen LogP contribution in [-0.2, 0) is 37.4 Å². The third-order valence-electron chi connectivity index (χ3n) is 2.60. The first-order valence-electron chi connectivity index (χ1n) is 5.03. The van der Waals surface area contributed by atoms with E-state index in [2.05, 4.69) is 6.07 Å². The van der Waals surface area contributed by atoms with Crippen LogP contribution < -0.4 is 4.57 Å². The summed E-state index contributed by atoms with van der Waals surface area (Å²) >= 11 is 0. The van der Waals surface area contributed by atoms with Crippen molar-refractivity contribution in [3.8, 4) is 0 Å². The molecule has 0 bridgehead atoms. The fraction of sp³-hybridized carbons (Fsp3) is 0.545. The zero-order valence-corrected chi connectivity index (χ0v) is 12.0. The number of rotatable bonds is 2. The Balaban J connectivity index is 0.00000128. The number of pyridine rings is 1. The van der Waals surface area contributed by atoms with E-state index in [0.29, 0.717) is 6.42 Å². The quantitative estimate of drug-likeness (QED) is 0.583. The molecule has 85 valence electrons. The summed E-state index contributed by atoms with van der Waals surface area (Å²) in [5.41, 5.74) is 1.09. The van der Waals surface area contributed by atoms with Crippen LogP contribution in [0.5, 0.6) is 0 Å². The molecule has 1 aromatic rings. The average molecular weight is 298 g/mol. The minimum atomic E-state index is -0.590. The van der Waals surface area contributed by atoms with Gasteiger partial charge < -0.3 is 14.9 Å². The van der Waals surface area contributed by atoms with E-state index < -0.39 is 12.2 Å². The van der Waals surface area contributed by atoms with Crippen LogP contribution in [0, 0.1) is 13.0 Å². The molecule has 3 unspecified atom stereocenters. The summed E-state index contributed by atoms with van der Waals surface area (Å²) < 4.78 is 7.38. The molecule has 0 saturated carbocycles. The molecule has 2 heterocycles. The molecule has 0 aromatic carbocycles. The Labute approximate surface area is 120 Å². The Morgan fingerprint density at radius 1 is 1.62 bits per heavy atom. The van der Waals surface area contributed by atoms with Crippen LogP contribution >= 0.6 is 0 Å². The maximum atomic E-state index is 9.58. The smallest absolute Gasteiger partial charge is 0.262 e. The molecule has 1 aliphatic rings. The number of aromatic nitrogens is 1. The zero-order valence-electron chi connectivity index (χ0n) is 9.21. The van der Waals surface area contributed by atoms with Gasteiger partial charge in [-0.3, -0.25) is 0 Å². The monoisotopic (exact) mass is 298 g/mol. The molecule has 4 nitrogen and oxygen atoms in total. The van der Waals surface area contributed by atoms with Crippen LogP contribution in [0.15, 0.2) is 18.5 Å². The number of aliphatic hydroxyl groups excluding tert-OH is 2. The molecule has 2 rings (SSSR count). The number of aryl methyl sites for hydroxylation is 1. The largest absolute Gasteiger partial charge is 0.394 e. The number of hydrogen-bond acceptors (Lipinski definition) is 3. The molecule has 0 amide bonds. The first kappa shape index (κ1) is 14.2. The summed E-state index contributed by atoms with van der Waals surface area (Å²) in [6, 6.07) is 4.87. The molecule has 1 saturated heterocycles. The Hall–Kier alpha value is 0.134. The molecule has 0 aliphatic carbocycles. The summed E-state index contributed by atoms with van der Waals surface area (Å²) in [6.07, 6.45) is 2.97. The summed E-state index contributed by atoms with van der Waals surface area (Å²) in [6.45, 7) is 1.83. The van der Waals surface area contributed by atoms with Crippen LogP contribution in [0.2, 0.25) is 0 Å². The van der Waals surface area contributed by atoms with Gasteiger partial charge in [-0.2, -0.15) is 6.07 Å². The van der Waals surface area contributed by atoms with E-state index in [-0.39, 0.29) is 45.5 Å². The van der Waals surface area contributed by atoms with E-state index in [9.17, 15) is 5.11 Å². The number of ether oxygens (including phenoxy) is 1. The van der Waals surface area contributed by atoms with E-state index in [1.807, 2.05) is 23.8 Å². The second-order valence-electron chi connectivity index (χ2n) is 3.88. The minimum absolute atomic E-state index is 0. The number of aliphatic hydroxyl groups is 2. The summed E-state index contributed by atoms with van der Waals surface area (Å²) in [4.78, 5) is 0. The zero-order chi connectivity index (χ0) is 10.8. The van der Waals surface area contributed by atoms with Crippen molar-refractivity contribution >= 4 is 0 Å². The van der Waals surface area contributed by atoms with Crippen molar-refractivity contribution in [1.29, 1.82) is 0 Å². The third-order valence-corrected chi connectivity index (χ3v) is 2.60. The van der Waals surface area contributed by atoms with Crippen molar-refractivity contribution in [3.63, 3.8) is 0 Å². The molecule has 3 atom stereocenters. The van der Waals surface area contributed by atoms with Gasteiger partial charge in [-0.1, -0.05) is 0 Å². The maximum absolute atomic E-state index is 9.58. The first-order chi connectivity index (χ1) is 7.20. The standard InChI is InChI=1S/C11H15NO3.Y/c1-8-3-2-4-12(6-8)11-5-9(14)10(7-13)15-11;/h3-4,6,9-11,13-14H,5,7H2,1H3;. The molecule has 1 radical (unpaired) electrons. The predicted octanol–water partition coefficient (Wildman–Crippen LogP) is -0.279. The summed E-state index contributed by atoms with van der Waals surface area (Å²) in [5.74, 6) is 0. The van der Waals surface area contributed by atoms with Crippen molar-refractivity contribution in [2.24, 2.45) is 0 Å². The number of hydrogen-bond donors (Lipinski definition) is 2. The average Bonchev–Trinajstić information content (AvgIpc) is 2.60. The molecule has 2 N–H and O–H groups in total. The van der Waals surface area contributed by atoms with E-state index in [0.717, 1.165) is 5.56 Å². The molecular formula is C11H15NO3Y. The van der Waals surface area contributed by atoms with Crippen LogP contribution in [-0.4, -0.2) is 29.0 Å². The Kier molecular flexibility index (Phi) is 5.48. The van der Waals surface area contributed by atoms with E-state index >= 15 is 0 Å². The van der Waals surface area contributed by atoms with Crippen molar-refractivity contribution in [2.45, 2.75) is 31.8 Å².